The Balaban J connectivity index is 1.47. The lowest BCUT2D eigenvalue weighted by Gasteiger charge is -2.18. The Labute approximate surface area is 174 Å². The molecule has 150 valence electrons. The van der Waals surface area contributed by atoms with E-state index in [1.165, 1.54) is 22.3 Å². The summed E-state index contributed by atoms with van der Waals surface area (Å²) in [7, 11) is 5.64. The number of hydrogen-bond donors (Lipinski definition) is 0. The Morgan fingerprint density at radius 2 is 1.79 bits per heavy atom. The molecule has 0 saturated carbocycles. The summed E-state index contributed by atoms with van der Waals surface area (Å²) in [6.07, 6.45) is 2.90. The van der Waals surface area contributed by atoms with Crippen molar-refractivity contribution in [3.05, 3.63) is 65.2 Å². The van der Waals surface area contributed by atoms with Crippen molar-refractivity contribution >= 4 is 45.2 Å². The van der Waals surface area contributed by atoms with E-state index < -0.39 is 5.97 Å². The van der Waals surface area contributed by atoms with Crippen LogP contribution in [0.5, 0.6) is 0 Å². The van der Waals surface area contributed by atoms with Crippen molar-refractivity contribution in [1.29, 1.82) is 0 Å². The van der Waals surface area contributed by atoms with Gasteiger partial charge in [0.05, 0.1) is 10.2 Å². The summed E-state index contributed by atoms with van der Waals surface area (Å²) in [4.78, 5) is 32.1. The molecule has 0 aliphatic rings. The maximum Gasteiger partial charge on any atom is 0.331 e. The van der Waals surface area contributed by atoms with E-state index in [1.807, 2.05) is 67.5 Å². The van der Waals surface area contributed by atoms with Crippen LogP contribution in [-0.2, 0) is 20.9 Å². The number of nitrogens with zero attached hydrogens (tertiary/aromatic N) is 3. The van der Waals surface area contributed by atoms with Crippen LogP contribution in [0.25, 0.3) is 16.3 Å². The number of amides is 1. The van der Waals surface area contributed by atoms with Gasteiger partial charge in [-0.05, 0) is 35.9 Å². The zero-order valence-electron chi connectivity index (χ0n) is 16.7. The van der Waals surface area contributed by atoms with Crippen LogP contribution < -0.4 is 4.90 Å². The fourth-order valence-electron chi connectivity index (χ4n) is 2.65. The van der Waals surface area contributed by atoms with Gasteiger partial charge in [-0.2, -0.15) is 0 Å². The molecule has 6 nitrogen and oxygen atoms in total. The maximum atomic E-state index is 12.2. The van der Waals surface area contributed by atoms with Crippen molar-refractivity contribution in [2.45, 2.75) is 6.54 Å². The third-order valence-electron chi connectivity index (χ3n) is 4.31. The first-order chi connectivity index (χ1) is 13.9. The third kappa shape index (κ3) is 5.65. The fraction of sp³-hybridized carbons (Fsp3) is 0.227. The highest BCUT2D eigenvalue weighted by atomic mass is 32.1. The third-order valence-corrected chi connectivity index (χ3v) is 5.31. The van der Waals surface area contributed by atoms with Crippen LogP contribution in [0.1, 0.15) is 10.6 Å². The molecular weight excluding hydrogens is 386 g/mol. The second kappa shape index (κ2) is 9.34. The number of hydrogen-bond acceptors (Lipinski definition) is 6. The van der Waals surface area contributed by atoms with E-state index in [1.54, 1.807) is 13.1 Å². The SMILES string of the molecule is CN(Cc1ccc(N(C)C)cc1)C(=O)COC(=O)/C=C/c1nc2ccccc2s1. The van der Waals surface area contributed by atoms with Gasteiger partial charge in [-0.15, -0.1) is 11.3 Å². The summed E-state index contributed by atoms with van der Waals surface area (Å²) in [5.74, 6) is -0.829. The number of ether oxygens (including phenoxy) is 1. The molecule has 0 saturated heterocycles. The van der Waals surface area contributed by atoms with Crippen molar-refractivity contribution in [2.75, 3.05) is 32.6 Å². The second-order valence-electron chi connectivity index (χ2n) is 6.77. The molecule has 7 heteroatoms. The first-order valence-electron chi connectivity index (χ1n) is 9.13. The molecule has 0 aliphatic carbocycles. The fourth-order valence-corrected chi connectivity index (χ4v) is 3.52. The summed E-state index contributed by atoms with van der Waals surface area (Å²) in [5, 5.41) is 0.716. The highest BCUT2D eigenvalue weighted by molar-refractivity contribution is 7.19. The number of carbonyl (C=O) groups is 2. The van der Waals surface area contributed by atoms with Gasteiger partial charge in [0.2, 0.25) is 0 Å². The highest BCUT2D eigenvalue weighted by Gasteiger charge is 2.12. The van der Waals surface area contributed by atoms with Crippen molar-refractivity contribution in [2.24, 2.45) is 0 Å². The van der Waals surface area contributed by atoms with E-state index >= 15 is 0 Å². The number of fused-ring (bicyclic) bond motifs is 1. The molecule has 0 spiro atoms. The quantitative estimate of drug-likeness (QED) is 0.441. The molecule has 0 radical (unpaired) electrons. The lowest BCUT2D eigenvalue weighted by Crippen LogP contribution is -2.30. The summed E-state index contributed by atoms with van der Waals surface area (Å²) in [6, 6.07) is 15.7. The molecular formula is C22H23N3O3S. The molecule has 2 aromatic carbocycles. The maximum absolute atomic E-state index is 12.2. The molecule has 0 atom stereocenters. The molecule has 0 bridgehead atoms. The smallest absolute Gasteiger partial charge is 0.331 e. The predicted molar refractivity (Wildman–Crippen MR) is 117 cm³/mol. The molecule has 3 aromatic rings. The van der Waals surface area contributed by atoms with Gasteiger partial charge in [0.25, 0.3) is 5.91 Å². The standard InChI is InChI=1S/C22H23N3O3S/c1-24(2)17-10-8-16(9-11-17)14-25(3)21(26)15-28-22(27)13-12-20-23-18-6-4-5-7-19(18)29-20/h4-13H,14-15H2,1-3H3/b13-12+. The Morgan fingerprint density at radius 1 is 1.07 bits per heavy atom. The second-order valence-corrected chi connectivity index (χ2v) is 7.83. The average Bonchev–Trinajstić information content (AvgIpc) is 3.13. The number of esters is 1. The molecule has 1 heterocycles. The van der Waals surface area contributed by atoms with Crippen LogP contribution in [0.3, 0.4) is 0 Å². The van der Waals surface area contributed by atoms with Gasteiger partial charge in [-0.3, -0.25) is 4.79 Å². The first-order valence-corrected chi connectivity index (χ1v) is 9.94. The van der Waals surface area contributed by atoms with E-state index in [4.69, 9.17) is 4.74 Å². The van der Waals surface area contributed by atoms with E-state index in [-0.39, 0.29) is 12.5 Å². The molecule has 0 unspecified atom stereocenters. The average molecular weight is 410 g/mol. The number of carbonyl (C=O) groups excluding carboxylic acids is 2. The van der Waals surface area contributed by atoms with Gasteiger partial charge in [-0.1, -0.05) is 24.3 Å². The van der Waals surface area contributed by atoms with Crippen LogP contribution in [0.2, 0.25) is 0 Å². The van der Waals surface area contributed by atoms with Crippen LogP contribution in [0.4, 0.5) is 5.69 Å². The molecule has 0 N–H and O–H groups in total. The monoisotopic (exact) mass is 409 g/mol. The lowest BCUT2D eigenvalue weighted by molar-refractivity contribution is -0.147. The van der Waals surface area contributed by atoms with Gasteiger partial charge < -0.3 is 14.5 Å². The van der Waals surface area contributed by atoms with E-state index in [9.17, 15) is 9.59 Å². The first kappa shape index (κ1) is 20.5. The van der Waals surface area contributed by atoms with E-state index in [2.05, 4.69) is 4.98 Å². The predicted octanol–water partition coefficient (Wildman–Crippen LogP) is 3.58. The molecule has 0 fully saturated rings. The Bertz CT molecular complexity index is 992. The zero-order chi connectivity index (χ0) is 20.8. The van der Waals surface area contributed by atoms with E-state index in [0.29, 0.717) is 11.6 Å². The molecule has 29 heavy (non-hydrogen) atoms. The topological polar surface area (TPSA) is 62.7 Å². The summed E-state index contributed by atoms with van der Waals surface area (Å²) in [6.45, 7) is 0.154. The van der Waals surface area contributed by atoms with Crippen molar-refractivity contribution in [1.82, 2.24) is 9.88 Å². The number of anilines is 1. The minimum atomic E-state index is -0.568. The van der Waals surface area contributed by atoms with Gasteiger partial charge >= 0.3 is 5.97 Å². The number of likely N-dealkylation sites (N-methyl/N-ethyl adjacent to an activating group) is 1. The van der Waals surface area contributed by atoms with Gasteiger partial charge in [-0.25, -0.2) is 9.78 Å². The van der Waals surface area contributed by atoms with Gasteiger partial charge in [0, 0.05) is 39.5 Å². The Kier molecular flexibility index (Phi) is 6.61. The van der Waals surface area contributed by atoms with E-state index in [0.717, 1.165) is 21.5 Å². The number of para-hydroxylation sites is 1. The number of thiazole rings is 1. The molecule has 1 aromatic heterocycles. The zero-order valence-corrected chi connectivity index (χ0v) is 17.5. The molecule has 0 aliphatic heterocycles. The largest absolute Gasteiger partial charge is 0.452 e. The number of aromatic nitrogens is 1. The summed E-state index contributed by atoms with van der Waals surface area (Å²) >= 11 is 1.49. The van der Waals surface area contributed by atoms with Crippen molar-refractivity contribution in [3.63, 3.8) is 0 Å². The van der Waals surface area contributed by atoms with Crippen molar-refractivity contribution < 1.29 is 14.3 Å². The summed E-state index contributed by atoms with van der Waals surface area (Å²) in [5.41, 5.74) is 2.99. The van der Waals surface area contributed by atoms with Crippen LogP contribution in [0.15, 0.2) is 54.6 Å². The lowest BCUT2D eigenvalue weighted by atomic mass is 10.2. The van der Waals surface area contributed by atoms with Crippen LogP contribution in [-0.4, -0.2) is 49.5 Å². The van der Waals surface area contributed by atoms with Gasteiger partial charge in [0.1, 0.15) is 5.01 Å². The molecule has 3 rings (SSSR count). The van der Waals surface area contributed by atoms with Crippen molar-refractivity contribution in [3.8, 4) is 0 Å². The number of benzene rings is 2. The molecule has 1 amide bonds. The minimum absolute atomic E-state index is 0.261. The summed E-state index contributed by atoms with van der Waals surface area (Å²) < 4.78 is 6.11. The Hall–Kier alpha value is -3.19. The van der Waals surface area contributed by atoms with Gasteiger partial charge in [0.15, 0.2) is 6.61 Å². The normalized spacial score (nSPS) is 11.0. The number of rotatable bonds is 7. The highest BCUT2D eigenvalue weighted by Crippen LogP contribution is 2.22. The van der Waals surface area contributed by atoms with Crippen LogP contribution in [0, 0.1) is 0 Å². The minimum Gasteiger partial charge on any atom is -0.452 e. The Morgan fingerprint density at radius 3 is 2.48 bits per heavy atom. The van der Waals surface area contributed by atoms with Crippen LogP contribution >= 0.6 is 11.3 Å².